The number of fused-ring (bicyclic) bond motifs is 1. The standard InChI is InChI=1S/C28H27ClN2O6/c1-17(32)21-14-24-25(37-16-36-24)15-22(21)31(28(34)23-8-5-13-35-23)26(18-9-11-19(29)12-10-18)27(33)30-20-6-3-2-4-7-20/h5,8-15,20,26H,2-4,6-7,16H2,1H3,(H,30,33)/t26-/m0/s1. The highest BCUT2D eigenvalue weighted by Crippen LogP contribution is 2.42. The zero-order valence-electron chi connectivity index (χ0n) is 20.4. The minimum atomic E-state index is -1.12. The zero-order valence-corrected chi connectivity index (χ0v) is 21.1. The summed E-state index contributed by atoms with van der Waals surface area (Å²) in [5.74, 6) is -0.440. The van der Waals surface area contributed by atoms with Gasteiger partial charge in [0.15, 0.2) is 23.0 Å². The fraction of sp³-hybridized carbons (Fsp3) is 0.321. The zero-order chi connectivity index (χ0) is 25.9. The quantitative estimate of drug-likeness (QED) is 0.400. The molecule has 2 amide bonds. The molecule has 37 heavy (non-hydrogen) atoms. The van der Waals surface area contributed by atoms with Crippen LogP contribution in [-0.4, -0.2) is 30.4 Å². The van der Waals surface area contributed by atoms with Crippen molar-refractivity contribution in [3.63, 3.8) is 0 Å². The summed E-state index contributed by atoms with van der Waals surface area (Å²) in [6, 6.07) is 11.8. The minimum absolute atomic E-state index is 0.000599. The molecule has 0 bridgehead atoms. The second-order valence-electron chi connectivity index (χ2n) is 9.23. The molecule has 0 radical (unpaired) electrons. The van der Waals surface area contributed by atoms with Gasteiger partial charge in [0.2, 0.25) is 12.7 Å². The summed E-state index contributed by atoms with van der Waals surface area (Å²) in [5.41, 5.74) is 0.968. The van der Waals surface area contributed by atoms with Gasteiger partial charge < -0.3 is 19.2 Å². The first kappa shape index (κ1) is 24.9. The second-order valence-corrected chi connectivity index (χ2v) is 9.67. The van der Waals surface area contributed by atoms with Crippen molar-refractivity contribution in [1.29, 1.82) is 0 Å². The Morgan fingerprint density at radius 3 is 2.35 bits per heavy atom. The molecular formula is C28H27ClN2O6. The van der Waals surface area contributed by atoms with E-state index in [0.29, 0.717) is 22.1 Å². The number of hydrogen-bond acceptors (Lipinski definition) is 6. The second kappa shape index (κ2) is 10.7. The smallest absolute Gasteiger partial charge is 0.294 e. The van der Waals surface area contributed by atoms with Crippen molar-refractivity contribution in [2.45, 2.75) is 51.1 Å². The van der Waals surface area contributed by atoms with Crippen molar-refractivity contribution < 1.29 is 28.3 Å². The van der Waals surface area contributed by atoms with E-state index in [-0.39, 0.29) is 41.5 Å². The van der Waals surface area contributed by atoms with Gasteiger partial charge in [0.05, 0.1) is 12.0 Å². The highest BCUT2D eigenvalue weighted by Gasteiger charge is 2.38. The molecule has 0 saturated heterocycles. The third kappa shape index (κ3) is 5.20. The van der Waals surface area contributed by atoms with Gasteiger partial charge in [-0.25, -0.2) is 0 Å². The molecule has 0 unspecified atom stereocenters. The van der Waals surface area contributed by atoms with Gasteiger partial charge in [0.1, 0.15) is 6.04 Å². The molecule has 2 aromatic carbocycles. The number of rotatable bonds is 7. The minimum Gasteiger partial charge on any atom is -0.459 e. The van der Waals surface area contributed by atoms with E-state index in [1.165, 1.54) is 24.2 Å². The third-order valence-corrected chi connectivity index (χ3v) is 6.98. The summed E-state index contributed by atoms with van der Waals surface area (Å²) in [7, 11) is 0. The first-order valence-corrected chi connectivity index (χ1v) is 12.7. The van der Waals surface area contributed by atoms with Crippen molar-refractivity contribution in [3.05, 3.63) is 76.7 Å². The molecule has 0 spiro atoms. The molecule has 9 heteroatoms. The van der Waals surface area contributed by atoms with Crippen molar-refractivity contribution in [3.8, 4) is 11.5 Å². The van der Waals surface area contributed by atoms with Gasteiger partial charge in [-0.1, -0.05) is 43.0 Å². The lowest BCUT2D eigenvalue weighted by molar-refractivity contribution is -0.123. The fourth-order valence-corrected chi connectivity index (χ4v) is 5.01. The molecule has 1 saturated carbocycles. The Balaban J connectivity index is 1.67. The number of hydrogen-bond donors (Lipinski definition) is 1. The SMILES string of the molecule is CC(=O)c1cc2c(cc1N(C(=O)c1ccco1)[C@H](C(=O)NC1CCCCC1)c1ccc(Cl)cc1)OCO2. The average Bonchev–Trinajstić information content (AvgIpc) is 3.59. The molecule has 1 aliphatic carbocycles. The Kier molecular flexibility index (Phi) is 7.19. The number of carbonyl (C=O) groups is 3. The summed E-state index contributed by atoms with van der Waals surface area (Å²) in [6.45, 7) is 1.39. The predicted octanol–water partition coefficient (Wildman–Crippen LogP) is 5.70. The van der Waals surface area contributed by atoms with Crippen LogP contribution in [0.15, 0.2) is 59.2 Å². The Morgan fingerprint density at radius 2 is 1.70 bits per heavy atom. The maximum atomic E-state index is 14.0. The van der Waals surface area contributed by atoms with Crippen LogP contribution in [0.5, 0.6) is 11.5 Å². The van der Waals surface area contributed by atoms with Crippen LogP contribution in [-0.2, 0) is 4.79 Å². The number of carbonyl (C=O) groups excluding carboxylic acids is 3. The molecule has 1 N–H and O–H groups in total. The van der Waals surface area contributed by atoms with Crippen LogP contribution in [0, 0.1) is 0 Å². The maximum Gasteiger partial charge on any atom is 0.294 e. The molecule has 1 fully saturated rings. The highest BCUT2D eigenvalue weighted by molar-refractivity contribution is 6.30. The Morgan fingerprint density at radius 1 is 1.00 bits per heavy atom. The number of ether oxygens (including phenoxy) is 2. The largest absolute Gasteiger partial charge is 0.459 e. The molecule has 1 atom stereocenters. The number of nitrogens with zero attached hydrogens (tertiary/aromatic N) is 1. The summed E-state index contributed by atoms with van der Waals surface area (Å²) >= 11 is 6.15. The topological polar surface area (TPSA) is 98.1 Å². The monoisotopic (exact) mass is 522 g/mol. The maximum absolute atomic E-state index is 14.0. The molecule has 8 nitrogen and oxygen atoms in total. The van der Waals surface area contributed by atoms with Crippen molar-refractivity contribution in [2.24, 2.45) is 0 Å². The summed E-state index contributed by atoms with van der Waals surface area (Å²) in [5, 5.41) is 3.64. The Bertz CT molecular complexity index is 1300. The first-order chi connectivity index (χ1) is 17.9. The van der Waals surface area contributed by atoms with Crippen LogP contribution in [0.4, 0.5) is 5.69 Å². The van der Waals surface area contributed by atoms with E-state index < -0.39 is 11.9 Å². The normalized spacial score (nSPS) is 15.7. The van der Waals surface area contributed by atoms with Gasteiger partial charge in [-0.3, -0.25) is 19.3 Å². The molecule has 1 aromatic heterocycles. The number of ketones is 1. The lowest BCUT2D eigenvalue weighted by Gasteiger charge is -2.34. The van der Waals surface area contributed by atoms with Gasteiger partial charge >= 0.3 is 0 Å². The molecular weight excluding hydrogens is 496 g/mol. The fourth-order valence-electron chi connectivity index (χ4n) is 4.89. The number of amides is 2. The van der Waals surface area contributed by atoms with Crippen LogP contribution in [0.3, 0.4) is 0 Å². The van der Waals surface area contributed by atoms with Crippen LogP contribution < -0.4 is 19.7 Å². The van der Waals surface area contributed by atoms with E-state index in [1.54, 1.807) is 42.5 Å². The molecule has 2 aliphatic rings. The molecule has 3 aromatic rings. The number of benzene rings is 2. The summed E-state index contributed by atoms with van der Waals surface area (Å²) in [4.78, 5) is 42.1. The van der Waals surface area contributed by atoms with E-state index in [0.717, 1.165) is 32.1 Å². The Hall–Kier alpha value is -3.78. The van der Waals surface area contributed by atoms with Crippen LogP contribution in [0.1, 0.15) is 71.5 Å². The van der Waals surface area contributed by atoms with Crippen LogP contribution in [0.25, 0.3) is 0 Å². The van der Waals surface area contributed by atoms with Gasteiger partial charge in [0.25, 0.3) is 5.91 Å². The summed E-state index contributed by atoms with van der Waals surface area (Å²) in [6.07, 6.45) is 6.32. The first-order valence-electron chi connectivity index (χ1n) is 12.3. The number of Topliss-reactive ketones (excluding diaryl/α,β-unsaturated/α-hetero) is 1. The van der Waals surface area contributed by atoms with E-state index in [4.69, 9.17) is 25.5 Å². The van der Waals surface area contributed by atoms with Crippen molar-refractivity contribution >= 4 is 34.9 Å². The van der Waals surface area contributed by atoms with Crippen LogP contribution >= 0.6 is 11.6 Å². The van der Waals surface area contributed by atoms with Gasteiger partial charge in [0, 0.05) is 22.7 Å². The number of furan rings is 1. The number of nitrogens with one attached hydrogen (secondary N) is 1. The molecule has 5 rings (SSSR count). The average molecular weight is 523 g/mol. The van der Waals surface area contributed by atoms with Gasteiger partial charge in [-0.15, -0.1) is 0 Å². The van der Waals surface area contributed by atoms with E-state index >= 15 is 0 Å². The predicted molar refractivity (Wildman–Crippen MR) is 137 cm³/mol. The summed E-state index contributed by atoms with van der Waals surface area (Å²) < 4.78 is 16.5. The van der Waals surface area contributed by atoms with Gasteiger partial charge in [-0.05, 0) is 55.7 Å². The number of anilines is 1. The molecule has 2 heterocycles. The van der Waals surface area contributed by atoms with E-state index in [2.05, 4.69) is 5.32 Å². The van der Waals surface area contributed by atoms with E-state index in [1.807, 2.05) is 0 Å². The molecule has 192 valence electrons. The Labute approximate surface area is 219 Å². The highest BCUT2D eigenvalue weighted by atomic mass is 35.5. The third-order valence-electron chi connectivity index (χ3n) is 6.72. The number of halogens is 1. The molecule has 1 aliphatic heterocycles. The van der Waals surface area contributed by atoms with Crippen molar-refractivity contribution in [2.75, 3.05) is 11.7 Å². The van der Waals surface area contributed by atoms with Crippen LogP contribution in [0.2, 0.25) is 5.02 Å². The van der Waals surface area contributed by atoms with Crippen molar-refractivity contribution in [1.82, 2.24) is 5.32 Å². The van der Waals surface area contributed by atoms with Gasteiger partial charge in [-0.2, -0.15) is 0 Å². The lowest BCUT2D eigenvalue weighted by atomic mass is 9.94. The lowest BCUT2D eigenvalue weighted by Crippen LogP contribution is -2.47. The van der Waals surface area contributed by atoms with E-state index in [9.17, 15) is 14.4 Å².